The predicted molar refractivity (Wildman–Crippen MR) is 94.8 cm³/mol. The van der Waals surface area contributed by atoms with Crippen LogP contribution in [0.1, 0.15) is 32.6 Å². The Bertz CT molecular complexity index is 902. The predicted octanol–water partition coefficient (Wildman–Crippen LogP) is 3.38. The molecule has 1 aromatic carbocycles. The van der Waals surface area contributed by atoms with Crippen LogP contribution in [0.15, 0.2) is 51.9 Å². The van der Waals surface area contributed by atoms with Gasteiger partial charge in [-0.2, -0.15) is 0 Å². The van der Waals surface area contributed by atoms with Crippen molar-refractivity contribution in [2.75, 3.05) is 0 Å². The fraction of sp³-hybridized carbons (Fsp3) is 0.350. The van der Waals surface area contributed by atoms with Crippen molar-refractivity contribution in [1.82, 2.24) is 0 Å². The third kappa shape index (κ3) is 4.02. The molecule has 1 saturated carbocycles. The second-order valence-electron chi connectivity index (χ2n) is 6.52. The highest BCUT2D eigenvalue weighted by molar-refractivity contribution is 5.87. The van der Waals surface area contributed by atoms with Crippen molar-refractivity contribution in [3.05, 3.63) is 52.9 Å². The number of fused-ring (bicyclic) bond motifs is 1. The molecular weight excluding hydrogens is 336 g/mol. The quantitative estimate of drug-likeness (QED) is 0.474. The van der Waals surface area contributed by atoms with E-state index < -0.39 is 5.97 Å². The van der Waals surface area contributed by atoms with Crippen LogP contribution in [-0.4, -0.2) is 18.0 Å². The van der Waals surface area contributed by atoms with Gasteiger partial charge in [0, 0.05) is 11.6 Å². The summed E-state index contributed by atoms with van der Waals surface area (Å²) in [5.41, 5.74) is 0.619. The minimum atomic E-state index is -0.397. The maximum atomic E-state index is 12.4. The van der Waals surface area contributed by atoms with Crippen molar-refractivity contribution in [2.24, 2.45) is 5.92 Å². The van der Waals surface area contributed by atoms with Crippen LogP contribution in [0.5, 0.6) is 5.75 Å². The van der Waals surface area contributed by atoms with Crippen LogP contribution < -0.4 is 10.2 Å². The summed E-state index contributed by atoms with van der Waals surface area (Å²) in [7, 11) is 0. The molecule has 0 unspecified atom stereocenters. The molecule has 1 aliphatic rings. The van der Waals surface area contributed by atoms with Crippen molar-refractivity contribution in [3.63, 3.8) is 0 Å². The first-order chi connectivity index (χ1) is 12.4. The molecule has 6 heteroatoms. The summed E-state index contributed by atoms with van der Waals surface area (Å²) in [6.45, 7) is 5.17. The van der Waals surface area contributed by atoms with Crippen LogP contribution in [0.3, 0.4) is 0 Å². The van der Waals surface area contributed by atoms with Gasteiger partial charge in [-0.05, 0) is 50.8 Å². The number of carbonyl (C=O) groups excluding carboxylic acids is 2. The zero-order chi connectivity index (χ0) is 18.7. The van der Waals surface area contributed by atoms with Gasteiger partial charge < -0.3 is 13.9 Å². The van der Waals surface area contributed by atoms with E-state index >= 15 is 0 Å². The second-order valence-corrected chi connectivity index (χ2v) is 6.52. The Morgan fingerprint density at radius 1 is 1.15 bits per heavy atom. The summed E-state index contributed by atoms with van der Waals surface area (Å²) in [6, 6.07) is 6.04. The van der Waals surface area contributed by atoms with E-state index in [0.717, 1.165) is 0 Å². The molecule has 136 valence electrons. The van der Waals surface area contributed by atoms with E-state index in [4.69, 9.17) is 13.9 Å². The number of hydrogen-bond acceptors (Lipinski definition) is 6. The zero-order valence-corrected chi connectivity index (χ0v) is 14.5. The molecule has 1 aliphatic carbocycles. The smallest absolute Gasteiger partial charge is 0.333 e. The number of hydrogen-bond donors (Lipinski definition) is 0. The van der Waals surface area contributed by atoms with Crippen LogP contribution >= 0.6 is 0 Å². The van der Waals surface area contributed by atoms with Crippen molar-refractivity contribution in [1.29, 1.82) is 0 Å². The minimum Gasteiger partial charge on any atom is -0.464 e. The first kappa shape index (κ1) is 17.9. The molecule has 3 rings (SSSR count). The molecule has 0 atom stereocenters. The highest BCUT2D eigenvalue weighted by Gasteiger charge is 2.29. The van der Waals surface area contributed by atoms with Gasteiger partial charge in [-0.15, -0.1) is 0 Å². The van der Waals surface area contributed by atoms with Crippen molar-refractivity contribution < 1.29 is 23.5 Å². The monoisotopic (exact) mass is 356 g/mol. The first-order valence-electron chi connectivity index (χ1n) is 8.54. The lowest BCUT2D eigenvalue weighted by atomic mass is 9.87. The Labute approximate surface area is 150 Å². The number of esters is 2. The van der Waals surface area contributed by atoms with E-state index in [2.05, 4.69) is 6.58 Å². The van der Waals surface area contributed by atoms with Crippen molar-refractivity contribution in [3.8, 4) is 5.75 Å². The fourth-order valence-electron chi connectivity index (χ4n) is 2.99. The van der Waals surface area contributed by atoms with Crippen molar-refractivity contribution in [2.45, 2.75) is 38.7 Å². The van der Waals surface area contributed by atoms with Gasteiger partial charge in [0.05, 0.1) is 17.6 Å². The average molecular weight is 356 g/mol. The van der Waals surface area contributed by atoms with Gasteiger partial charge in [-0.25, -0.2) is 4.79 Å². The lowest BCUT2D eigenvalue weighted by molar-refractivity contribution is -0.148. The summed E-state index contributed by atoms with van der Waals surface area (Å²) in [5.74, 6) is -0.671. The molecule has 1 heterocycles. The van der Waals surface area contributed by atoms with Crippen LogP contribution in [0.25, 0.3) is 11.0 Å². The highest BCUT2D eigenvalue weighted by Crippen LogP contribution is 2.29. The number of carbonyl (C=O) groups is 2. The molecule has 0 aliphatic heterocycles. The molecule has 1 aromatic heterocycles. The molecule has 26 heavy (non-hydrogen) atoms. The molecule has 0 radical (unpaired) electrons. The van der Waals surface area contributed by atoms with Gasteiger partial charge in [0.1, 0.15) is 17.4 Å². The van der Waals surface area contributed by atoms with Gasteiger partial charge in [0.2, 0.25) is 0 Å². The molecule has 1 fully saturated rings. The second kappa shape index (κ2) is 7.56. The van der Waals surface area contributed by atoms with E-state index in [9.17, 15) is 14.4 Å². The van der Waals surface area contributed by atoms with E-state index in [1.165, 1.54) is 18.4 Å². The van der Waals surface area contributed by atoms with Gasteiger partial charge >= 0.3 is 11.9 Å². The third-order valence-electron chi connectivity index (χ3n) is 4.48. The topological polar surface area (TPSA) is 82.8 Å². The molecule has 0 N–H and O–H groups in total. The van der Waals surface area contributed by atoms with E-state index in [-0.39, 0.29) is 23.4 Å². The summed E-state index contributed by atoms with van der Waals surface area (Å²) in [4.78, 5) is 35.8. The highest BCUT2D eigenvalue weighted by atomic mass is 16.5. The molecule has 0 bridgehead atoms. The normalized spacial score (nSPS) is 19.7. The van der Waals surface area contributed by atoms with Gasteiger partial charge in [-0.1, -0.05) is 6.58 Å². The third-order valence-corrected chi connectivity index (χ3v) is 4.48. The standard InChI is InChI=1S/C20H20O6/c1-12(2)19(22)25-14-5-3-13(4-6-14)20(23)26-15-7-8-18-16(11-15)17(21)9-10-24-18/h7-11,13-14H,1,3-6H2,2H3. The Kier molecular flexibility index (Phi) is 5.21. The lowest BCUT2D eigenvalue weighted by Gasteiger charge is -2.27. The van der Waals surface area contributed by atoms with Crippen LogP contribution in [-0.2, 0) is 14.3 Å². The van der Waals surface area contributed by atoms with Crippen LogP contribution in [0.4, 0.5) is 0 Å². The lowest BCUT2D eigenvalue weighted by Crippen LogP contribution is -2.30. The number of rotatable bonds is 4. The molecule has 0 spiro atoms. The Hall–Kier alpha value is -2.89. The van der Waals surface area contributed by atoms with Crippen LogP contribution in [0, 0.1) is 5.92 Å². The molecule has 2 aromatic rings. The molecule has 0 amide bonds. The van der Waals surface area contributed by atoms with E-state index in [1.54, 1.807) is 19.1 Å². The maximum absolute atomic E-state index is 12.4. The molecular formula is C20H20O6. The Morgan fingerprint density at radius 3 is 2.58 bits per heavy atom. The summed E-state index contributed by atoms with van der Waals surface area (Å²) < 4.78 is 16.0. The van der Waals surface area contributed by atoms with Crippen LogP contribution in [0.2, 0.25) is 0 Å². The SMILES string of the molecule is C=C(C)C(=O)OC1CCC(C(=O)Oc2ccc3occc(=O)c3c2)CC1. The van der Waals surface area contributed by atoms with Gasteiger partial charge in [0.15, 0.2) is 5.43 Å². The number of ether oxygens (including phenoxy) is 2. The summed E-state index contributed by atoms with van der Waals surface area (Å²) in [5, 5.41) is 0.369. The molecule has 6 nitrogen and oxygen atoms in total. The largest absolute Gasteiger partial charge is 0.464 e. The number of benzene rings is 1. The summed E-state index contributed by atoms with van der Waals surface area (Å²) in [6.07, 6.45) is 3.54. The average Bonchev–Trinajstić information content (AvgIpc) is 2.63. The fourth-order valence-corrected chi connectivity index (χ4v) is 2.99. The van der Waals surface area contributed by atoms with Crippen molar-refractivity contribution >= 4 is 22.9 Å². The van der Waals surface area contributed by atoms with Gasteiger partial charge in [0.25, 0.3) is 0 Å². The minimum absolute atomic E-state index is 0.187. The zero-order valence-electron chi connectivity index (χ0n) is 14.5. The first-order valence-corrected chi connectivity index (χ1v) is 8.54. The molecule has 0 saturated heterocycles. The van der Waals surface area contributed by atoms with Gasteiger partial charge in [-0.3, -0.25) is 9.59 Å². The Balaban J connectivity index is 1.59. The summed E-state index contributed by atoms with van der Waals surface area (Å²) >= 11 is 0. The van der Waals surface area contributed by atoms with E-state index in [1.807, 2.05) is 0 Å². The maximum Gasteiger partial charge on any atom is 0.333 e. The Morgan fingerprint density at radius 2 is 1.88 bits per heavy atom. The van der Waals surface area contributed by atoms with E-state index in [0.29, 0.717) is 48.0 Å².